The summed E-state index contributed by atoms with van der Waals surface area (Å²) in [5.74, 6) is -0.514. The molecule has 6 heteroatoms. The predicted octanol–water partition coefficient (Wildman–Crippen LogP) is 14.7. The molecule has 0 aliphatic rings. The van der Waals surface area contributed by atoms with E-state index in [1.807, 2.05) is 0 Å². The zero-order valence-corrected chi connectivity index (χ0v) is 38.2. The van der Waals surface area contributed by atoms with Gasteiger partial charge in [-0.1, -0.05) is 206 Å². The molecular weight excluding hydrogens is 707 g/mol. The number of aliphatic hydroxyl groups excluding tert-OH is 2. The smallest absolute Gasteiger partial charge is 0.306 e. The molecule has 3 atom stereocenters. The van der Waals surface area contributed by atoms with E-state index >= 15 is 0 Å². The van der Waals surface area contributed by atoms with E-state index in [-0.39, 0.29) is 24.9 Å². The first-order chi connectivity index (χ1) is 28.0. The second-order valence-electron chi connectivity index (χ2n) is 17.2. The maximum absolute atomic E-state index is 13.2. The lowest BCUT2D eigenvalue weighted by Gasteiger charge is -2.24. The maximum atomic E-state index is 13.2. The van der Waals surface area contributed by atoms with Crippen LogP contribution in [0.2, 0.25) is 0 Å². The second kappa shape index (κ2) is 45.4. The Bertz CT molecular complexity index is 904. The van der Waals surface area contributed by atoms with Crippen LogP contribution in [0, 0.1) is 0 Å². The zero-order valence-electron chi connectivity index (χ0n) is 38.2. The van der Waals surface area contributed by atoms with Crippen LogP contribution in [0.1, 0.15) is 265 Å². The third-order valence-corrected chi connectivity index (χ3v) is 11.5. The molecule has 0 bridgehead atoms. The van der Waals surface area contributed by atoms with Gasteiger partial charge in [0.1, 0.15) is 6.10 Å². The van der Waals surface area contributed by atoms with Crippen molar-refractivity contribution in [1.29, 1.82) is 0 Å². The standard InChI is InChI=1S/C51H97NO5/c1-4-7-10-13-16-19-22-24-26-29-32-35-38-41-44-51(56)57-47(42-39-36-33-30-27-21-18-15-12-9-6-3)45-50(55)52-48(46-53)49(54)43-40-37-34-31-28-25-23-20-17-14-11-8-5-2/h26,29-30,33,47-49,53-54H,4-25,27-28,31-32,34-46H2,1-3H3,(H,52,55)/b29-26-,33-30-. The molecule has 0 aromatic heterocycles. The van der Waals surface area contributed by atoms with Gasteiger partial charge in [-0.25, -0.2) is 0 Å². The topological polar surface area (TPSA) is 95.9 Å². The average Bonchev–Trinajstić information content (AvgIpc) is 3.20. The Morgan fingerprint density at radius 1 is 0.491 bits per heavy atom. The quantitative estimate of drug-likeness (QED) is 0.0324. The normalized spacial score (nSPS) is 13.4. The number of amides is 1. The fourth-order valence-corrected chi connectivity index (χ4v) is 7.66. The van der Waals surface area contributed by atoms with Gasteiger partial charge in [-0.15, -0.1) is 0 Å². The van der Waals surface area contributed by atoms with E-state index in [9.17, 15) is 19.8 Å². The number of rotatable bonds is 45. The summed E-state index contributed by atoms with van der Waals surface area (Å²) < 4.78 is 5.89. The summed E-state index contributed by atoms with van der Waals surface area (Å²) in [5, 5.41) is 23.7. The van der Waals surface area contributed by atoms with Crippen LogP contribution in [0.25, 0.3) is 0 Å². The molecule has 0 radical (unpaired) electrons. The molecule has 3 N–H and O–H groups in total. The summed E-state index contributed by atoms with van der Waals surface area (Å²) >= 11 is 0. The van der Waals surface area contributed by atoms with Gasteiger partial charge in [0.2, 0.25) is 5.91 Å². The van der Waals surface area contributed by atoms with Gasteiger partial charge in [0.25, 0.3) is 0 Å². The van der Waals surface area contributed by atoms with Gasteiger partial charge in [0.05, 0.1) is 25.2 Å². The van der Waals surface area contributed by atoms with Crippen LogP contribution in [0.5, 0.6) is 0 Å². The molecule has 0 fully saturated rings. The Balaban J connectivity index is 4.57. The number of aliphatic hydroxyl groups is 2. The van der Waals surface area contributed by atoms with Gasteiger partial charge in [0.15, 0.2) is 0 Å². The SMILES string of the molecule is CCCCCCCC/C=C\CCCC(CC(=O)NC(CO)C(O)CCCCCCCCCCCCCCC)OC(=O)CCCCC/C=C\CCCCCCCCC. The molecule has 57 heavy (non-hydrogen) atoms. The Labute approximate surface area is 354 Å². The van der Waals surface area contributed by atoms with Crippen molar-refractivity contribution in [3.05, 3.63) is 24.3 Å². The lowest BCUT2D eigenvalue weighted by atomic mass is 10.0. The van der Waals surface area contributed by atoms with Gasteiger partial charge in [-0.05, 0) is 70.6 Å². The number of carbonyl (C=O) groups excluding carboxylic acids is 2. The first-order valence-corrected chi connectivity index (χ1v) is 25.1. The molecule has 0 aliphatic heterocycles. The molecule has 0 aliphatic carbocycles. The van der Waals surface area contributed by atoms with E-state index in [2.05, 4.69) is 50.4 Å². The van der Waals surface area contributed by atoms with E-state index in [0.29, 0.717) is 19.3 Å². The van der Waals surface area contributed by atoms with Crippen LogP contribution >= 0.6 is 0 Å². The molecule has 0 spiro atoms. The first-order valence-electron chi connectivity index (χ1n) is 25.1. The molecule has 336 valence electrons. The highest BCUT2D eigenvalue weighted by molar-refractivity contribution is 5.77. The van der Waals surface area contributed by atoms with Gasteiger partial charge in [-0.2, -0.15) is 0 Å². The lowest BCUT2D eigenvalue weighted by molar-refractivity contribution is -0.151. The van der Waals surface area contributed by atoms with Crippen molar-refractivity contribution in [2.45, 2.75) is 283 Å². The third-order valence-electron chi connectivity index (χ3n) is 11.5. The summed E-state index contributed by atoms with van der Waals surface area (Å²) in [4.78, 5) is 26.0. The van der Waals surface area contributed by atoms with E-state index < -0.39 is 18.2 Å². The summed E-state index contributed by atoms with van der Waals surface area (Å²) in [5.41, 5.74) is 0. The van der Waals surface area contributed by atoms with Crippen LogP contribution in [0.15, 0.2) is 24.3 Å². The monoisotopic (exact) mass is 804 g/mol. The molecule has 0 saturated carbocycles. The number of unbranched alkanes of at least 4 members (excludes halogenated alkanes) is 29. The molecular formula is C51H97NO5. The largest absolute Gasteiger partial charge is 0.462 e. The summed E-state index contributed by atoms with van der Waals surface area (Å²) in [6.45, 7) is 6.46. The van der Waals surface area contributed by atoms with E-state index in [4.69, 9.17) is 4.74 Å². The predicted molar refractivity (Wildman–Crippen MR) is 246 cm³/mol. The summed E-state index contributed by atoms with van der Waals surface area (Å²) in [6, 6.07) is -0.708. The van der Waals surface area contributed by atoms with Crippen molar-refractivity contribution in [2.24, 2.45) is 0 Å². The highest BCUT2D eigenvalue weighted by atomic mass is 16.5. The molecule has 1 amide bonds. The number of allylic oxidation sites excluding steroid dienone is 4. The lowest BCUT2D eigenvalue weighted by Crippen LogP contribution is -2.46. The van der Waals surface area contributed by atoms with Crippen molar-refractivity contribution in [3.8, 4) is 0 Å². The zero-order chi connectivity index (χ0) is 41.7. The van der Waals surface area contributed by atoms with Crippen LogP contribution in [0.4, 0.5) is 0 Å². The van der Waals surface area contributed by atoms with Crippen molar-refractivity contribution in [1.82, 2.24) is 5.32 Å². The van der Waals surface area contributed by atoms with Gasteiger partial charge < -0.3 is 20.3 Å². The van der Waals surface area contributed by atoms with Gasteiger partial charge in [0, 0.05) is 6.42 Å². The number of esters is 1. The molecule has 0 aromatic carbocycles. The van der Waals surface area contributed by atoms with Crippen molar-refractivity contribution in [3.63, 3.8) is 0 Å². The van der Waals surface area contributed by atoms with Crippen molar-refractivity contribution < 1.29 is 24.5 Å². The maximum Gasteiger partial charge on any atom is 0.306 e. The third kappa shape index (κ3) is 40.9. The van der Waals surface area contributed by atoms with Crippen LogP contribution < -0.4 is 5.32 Å². The Hall–Kier alpha value is -1.66. The van der Waals surface area contributed by atoms with Crippen LogP contribution in [-0.4, -0.2) is 46.9 Å². The number of hydrogen-bond donors (Lipinski definition) is 3. The Morgan fingerprint density at radius 2 is 0.860 bits per heavy atom. The Morgan fingerprint density at radius 3 is 1.28 bits per heavy atom. The molecule has 0 heterocycles. The summed E-state index contributed by atoms with van der Waals surface area (Å²) in [7, 11) is 0. The Kier molecular flexibility index (Phi) is 44.1. The van der Waals surface area contributed by atoms with Crippen molar-refractivity contribution >= 4 is 11.9 Å². The van der Waals surface area contributed by atoms with E-state index in [0.717, 1.165) is 64.2 Å². The highest BCUT2D eigenvalue weighted by Gasteiger charge is 2.24. The second-order valence-corrected chi connectivity index (χ2v) is 17.2. The van der Waals surface area contributed by atoms with Crippen LogP contribution in [0.3, 0.4) is 0 Å². The first kappa shape index (κ1) is 55.3. The molecule has 3 unspecified atom stereocenters. The molecule has 0 saturated heterocycles. The van der Waals surface area contributed by atoms with Gasteiger partial charge >= 0.3 is 5.97 Å². The fraction of sp³-hybridized carbons (Fsp3) is 0.882. The van der Waals surface area contributed by atoms with Crippen LogP contribution in [-0.2, 0) is 14.3 Å². The van der Waals surface area contributed by atoms with Crippen molar-refractivity contribution in [2.75, 3.05) is 6.61 Å². The minimum atomic E-state index is -0.792. The summed E-state index contributed by atoms with van der Waals surface area (Å²) in [6.07, 6.45) is 51.0. The highest BCUT2D eigenvalue weighted by Crippen LogP contribution is 2.17. The van der Waals surface area contributed by atoms with Gasteiger partial charge in [-0.3, -0.25) is 9.59 Å². The average molecular weight is 804 g/mol. The minimum absolute atomic E-state index is 0.0543. The fourth-order valence-electron chi connectivity index (χ4n) is 7.66. The number of ether oxygens (including phenoxy) is 1. The number of hydrogen-bond acceptors (Lipinski definition) is 5. The van der Waals surface area contributed by atoms with E-state index in [1.54, 1.807) is 0 Å². The molecule has 0 rings (SSSR count). The number of nitrogens with one attached hydrogen (secondary N) is 1. The molecule has 6 nitrogen and oxygen atoms in total. The molecule has 0 aromatic rings. The van der Waals surface area contributed by atoms with E-state index in [1.165, 1.54) is 154 Å². The minimum Gasteiger partial charge on any atom is -0.462 e. The number of carbonyl (C=O) groups is 2.